The first kappa shape index (κ1) is 29.5. The van der Waals surface area contributed by atoms with E-state index in [0.29, 0.717) is 17.7 Å². The monoisotopic (exact) mass is 533 g/mol. The van der Waals surface area contributed by atoms with Crippen LogP contribution in [0.15, 0.2) is 66.7 Å². The lowest BCUT2D eigenvalue weighted by molar-refractivity contribution is -0.141. The Morgan fingerprint density at radius 1 is 0.949 bits per heavy atom. The Hall–Kier alpha value is -4.07. The van der Waals surface area contributed by atoms with Gasteiger partial charge in [0.15, 0.2) is 0 Å². The topological polar surface area (TPSA) is 108 Å². The molecule has 8 heteroatoms. The molecule has 0 aliphatic rings. The van der Waals surface area contributed by atoms with Crippen molar-refractivity contribution >= 4 is 34.4 Å². The van der Waals surface area contributed by atoms with Crippen molar-refractivity contribution in [2.24, 2.45) is 5.92 Å². The Balaban J connectivity index is 1.98. The van der Waals surface area contributed by atoms with Gasteiger partial charge in [-0.2, -0.15) is 0 Å². The molecule has 208 valence electrons. The maximum absolute atomic E-state index is 14.0. The van der Waals surface area contributed by atoms with E-state index in [1.54, 1.807) is 32.9 Å². The number of alkyl carbamates (subject to hydrolysis) is 1. The fourth-order valence-electron chi connectivity index (χ4n) is 4.34. The van der Waals surface area contributed by atoms with Gasteiger partial charge in [-0.3, -0.25) is 9.59 Å². The average Bonchev–Trinajstić information content (AvgIpc) is 2.86. The van der Waals surface area contributed by atoms with Gasteiger partial charge in [-0.1, -0.05) is 63.2 Å². The summed E-state index contributed by atoms with van der Waals surface area (Å²) in [6, 6.07) is 17.8. The van der Waals surface area contributed by atoms with Crippen LogP contribution in [0.4, 0.5) is 10.5 Å². The summed E-state index contributed by atoms with van der Waals surface area (Å²) in [7, 11) is 0. The molecule has 0 saturated carbocycles. The SMILES string of the molecule is CCCN(C(=O)C(NC(=O)OC(C)(C)C)C(C)C)C(C(=O)Nc1ccc2ccccc2c1)c1ccc(O)cc1. The predicted molar refractivity (Wildman–Crippen MR) is 153 cm³/mol. The van der Waals surface area contributed by atoms with Gasteiger partial charge in [-0.25, -0.2) is 4.79 Å². The van der Waals surface area contributed by atoms with Crippen molar-refractivity contribution in [3.63, 3.8) is 0 Å². The summed E-state index contributed by atoms with van der Waals surface area (Å²) in [6.45, 7) is 11.1. The molecule has 39 heavy (non-hydrogen) atoms. The van der Waals surface area contributed by atoms with Crippen LogP contribution in [0.5, 0.6) is 5.75 Å². The number of rotatable bonds is 9. The fourth-order valence-corrected chi connectivity index (χ4v) is 4.34. The summed E-state index contributed by atoms with van der Waals surface area (Å²) in [6.07, 6.45) is -0.117. The Morgan fingerprint density at radius 3 is 2.18 bits per heavy atom. The van der Waals surface area contributed by atoms with Crippen LogP contribution in [0.25, 0.3) is 10.8 Å². The second-order valence-electron chi connectivity index (χ2n) is 10.9. The lowest BCUT2D eigenvalue weighted by Gasteiger charge is -2.35. The van der Waals surface area contributed by atoms with E-state index in [4.69, 9.17) is 4.74 Å². The van der Waals surface area contributed by atoms with Gasteiger partial charge in [0.25, 0.3) is 5.91 Å². The van der Waals surface area contributed by atoms with Crippen LogP contribution < -0.4 is 10.6 Å². The van der Waals surface area contributed by atoms with Crippen LogP contribution in [0.2, 0.25) is 0 Å². The van der Waals surface area contributed by atoms with E-state index in [0.717, 1.165) is 10.8 Å². The zero-order chi connectivity index (χ0) is 28.7. The summed E-state index contributed by atoms with van der Waals surface area (Å²) in [4.78, 5) is 42.0. The van der Waals surface area contributed by atoms with Crippen molar-refractivity contribution in [2.75, 3.05) is 11.9 Å². The molecule has 3 N–H and O–H groups in total. The van der Waals surface area contributed by atoms with Crippen LogP contribution in [0.1, 0.15) is 59.6 Å². The van der Waals surface area contributed by atoms with E-state index in [1.807, 2.05) is 63.2 Å². The number of hydrogen-bond donors (Lipinski definition) is 3. The van der Waals surface area contributed by atoms with E-state index in [-0.39, 0.29) is 18.2 Å². The third-order valence-electron chi connectivity index (χ3n) is 6.14. The lowest BCUT2D eigenvalue weighted by Crippen LogP contribution is -2.54. The highest BCUT2D eigenvalue weighted by Gasteiger charge is 2.37. The molecule has 2 unspecified atom stereocenters. The van der Waals surface area contributed by atoms with Crippen molar-refractivity contribution in [3.8, 4) is 5.75 Å². The van der Waals surface area contributed by atoms with Gasteiger partial charge in [0, 0.05) is 12.2 Å². The Labute approximate surface area is 230 Å². The fraction of sp³-hybridized carbons (Fsp3) is 0.387. The molecule has 0 aliphatic heterocycles. The number of carbonyl (C=O) groups excluding carboxylic acids is 3. The van der Waals surface area contributed by atoms with E-state index in [9.17, 15) is 19.5 Å². The zero-order valence-electron chi connectivity index (χ0n) is 23.5. The molecule has 3 aromatic rings. The number of fused-ring (bicyclic) bond motifs is 1. The molecule has 2 atom stereocenters. The molecule has 0 aliphatic carbocycles. The molecule has 0 radical (unpaired) electrons. The van der Waals surface area contributed by atoms with Gasteiger partial charge >= 0.3 is 6.09 Å². The van der Waals surface area contributed by atoms with Crippen molar-refractivity contribution in [3.05, 3.63) is 72.3 Å². The summed E-state index contributed by atoms with van der Waals surface area (Å²) < 4.78 is 5.40. The molecule has 3 rings (SSSR count). The summed E-state index contributed by atoms with van der Waals surface area (Å²) >= 11 is 0. The molecule has 0 heterocycles. The quantitative estimate of drug-likeness (QED) is 0.312. The van der Waals surface area contributed by atoms with E-state index >= 15 is 0 Å². The van der Waals surface area contributed by atoms with Crippen LogP contribution in [0, 0.1) is 5.92 Å². The van der Waals surface area contributed by atoms with E-state index < -0.39 is 35.6 Å². The van der Waals surface area contributed by atoms with Crippen LogP contribution in [-0.4, -0.2) is 46.1 Å². The number of ether oxygens (including phenoxy) is 1. The zero-order valence-corrected chi connectivity index (χ0v) is 23.5. The average molecular weight is 534 g/mol. The minimum atomic E-state index is -1.01. The van der Waals surface area contributed by atoms with Gasteiger partial charge in [0.2, 0.25) is 5.91 Å². The smallest absolute Gasteiger partial charge is 0.408 e. The normalized spacial score (nSPS) is 13.0. The number of benzene rings is 3. The Morgan fingerprint density at radius 2 is 1.59 bits per heavy atom. The second kappa shape index (κ2) is 12.7. The molecule has 3 aromatic carbocycles. The number of hydrogen-bond acceptors (Lipinski definition) is 5. The molecular formula is C31H39N3O5. The summed E-state index contributed by atoms with van der Waals surface area (Å²) in [5, 5.41) is 17.6. The minimum absolute atomic E-state index is 0.0486. The predicted octanol–water partition coefficient (Wildman–Crippen LogP) is 6.01. The molecule has 0 fully saturated rings. The van der Waals surface area contributed by atoms with Gasteiger partial charge in [0.1, 0.15) is 23.4 Å². The number of phenolic OH excluding ortho intramolecular Hbond substituents is 1. The van der Waals surface area contributed by atoms with Gasteiger partial charge < -0.3 is 25.4 Å². The number of amides is 3. The highest BCUT2D eigenvalue weighted by molar-refractivity contribution is 6.00. The molecule has 8 nitrogen and oxygen atoms in total. The lowest BCUT2D eigenvalue weighted by atomic mass is 9.98. The highest BCUT2D eigenvalue weighted by atomic mass is 16.6. The first-order valence-corrected chi connectivity index (χ1v) is 13.3. The third kappa shape index (κ3) is 7.96. The van der Waals surface area contributed by atoms with Crippen molar-refractivity contribution in [1.82, 2.24) is 10.2 Å². The molecular weight excluding hydrogens is 494 g/mol. The van der Waals surface area contributed by atoms with Crippen LogP contribution in [-0.2, 0) is 14.3 Å². The molecule has 0 bridgehead atoms. The standard InChI is InChI=1S/C31H39N3O5/c1-7-18-34(29(37)26(20(2)3)33-30(38)39-31(4,5)6)27(22-13-16-25(35)17-14-22)28(36)32-24-15-12-21-10-8-9-11-23(21)19-24/h8-17,19-20,26-27,35H,7,18H2,1-6H3,(H,32,36)(H,33,38). The largest absolute Gasteiger partial charge is 0.508 e. The highest BCUT2D eigenvalue weighted by Crippen LogP contribution is 2.28. The van der Waals surface area contributed by atoms with E-state index in [2.05, 4.69) is 10.6 Å². The van der Waals surface area contributed by atoms with Gasteiger partial charge in [0.05, 0.1) is 0 Å². The number of aromatic hydroxyl groups is 1. The van der Waals surface area contributed by atoms with Crippen molar-refractivity contribution < 1.29 is 24.2 Å². The molecule has 0 aromatic heterocycles. The summed E-state index contributed by atoms with van der Waals surface area (Å²) in [5.74, 6) is -1.03. The second-order valence-corrected chi connectivity index (χ2v) is 10.9. The molecule has 0 saturated heterocycles. The van der Waals surface area contributed by atoms with Gasteiger partial charge in [-0.05, 0) is 73.7 Å². The number of anilines is 1. The van der Waals surface area contributed by atoms with Crippen LogP contribution in [0.3, 0.4) is 0 Å². The van der Waals surface area contributed by atoms with E-state index in [1.165, 1.54) is 17.0 Å². The minimum Gasteiger partial charge on any atom is -0.508 e. The maximum Gasteiger partial charge on any atom is 0.408 e. The van der Waals surface area contributed by atoms with Gasteiger partial charge in [-0.15, -0.1) is 0 Å². The number of phenols is 1. The molecule has 3 amide bonds. The van der Waals surface area contributed by atoms with Crippen LogP contribution >= 0.6 is 0 Å². The van der Waals surface area contributed by atoms with Crippen molar-refractivity contribution in [2.45, 2.75) is 65.6 Å². The molecule has 0 spiro atoms. The third-order valence-corrected chi connectivity index (χ3v) is 6.14. The first-order chi connectivity index (χ1) is 18.4. The number of nitrogens with one attached hydrogen (secondary N) is 2. The Kier molecular flexibility index (Phi) is 9.56. The maximum atomic E-state index is 14.0. The first-order valence-electron chi connectivity index (χ1n) is 13.3. The van der Waals surface area contributed by atoms with Crippen molar-refractivity contribution in [1.29, 1.82) is 0 Å². The number of nitrogens with zero attached hydrogens (tertiary/aromatic N) is 1. The summed E-state index contributed by atoms with van der Waals surface area (Å²) in [5.41, 5.74) is 0.401. The Bertz CT molecular complexity index is 1300. The number of carbonyl (C=O) groups is 3.